The van der Waals surface area contributed by atoms with Crippen molar-refractivity contribution < 1.29 is 9.59 Å². The molecule has 2 bridgehead atoms. The van der Waals surface area contributed by atoms with Crippen LogP contribution in [0.3, 0.4) is 0 Å². The molecule has 0 unspecified atom stereocenters. The summed E-state index contributed by atoms with van der Waals surface area (Å²) < 4.78 is 1.83. The maximum atomic E-state index is 13.2. The number of rotatable bonds is 3. The number of nitrogens with zero attached hydrogens (tertiary/aromatic N) is 4. The summed E-state index contributed by atoms with van der Waals surface area (Å²) in [5, 5.41) is 14.4. The van der Waals surface area contributed by atoms with Gasteiger partial charge in [-0.15, -0.1) is 0 Å². The number of carbonyl (C=O) groups excluding carboxylic acids is 2. The van der Waals surface area contributed by atoms with E-state index in [0.29, 0.717) is 29.8 Å². The van der Waals surface area contributed by atoms with Crippen molar-refractivity contribution in [3.63, 3.8) is 0 Å². The van der Waals surface area contributed by atoms with E-state index in [4.69, 9.17) is 5.26 Å². The normalized spacial score (nSPS) is 22.1. The van der Waals surface area contributed by atoms with E-state index in [1.165, 1.54) is 0 Å². The van der Waals surface area contributed by atoms with Gasteiger partial charge in [0.05, 0.1) is 11.6 Å². The molecule has 2 N–H and O–H groups in total. The number of hydrogen-bond donors (Lipinski definition) is 2. The Labute approximate surface area is 204 Å². The third kappa shape index (κ3) is 4.80. The summed E-state index contributed by atoms with van der Waals surface area (Å²) in [5.41, 5.74) is 2.03. The standard InChI is InChI=1S/C26H30N6O3/c1-17(33)30-9-7-22(8-10-30)31-14-19-11-20(16-31)24-6-5-23(25(34)32(24)15-19)29-26(35)28-21-4-2-3-18(12-21)13-27/h2-6,12,19-20,22H,7-11,14-16H2,1H3,(H2,28,29,35)/t19-,20-/m1/s1. The van der Waals surface area contributed by atoms with Crippen LogP contribution in [0.15, 0.2) is 41.2 Å². The van der Waals surface area contributed by atoms with Crippen LogP contribution < -0.4 is 16.2 Å². The van der Waals surface area contributed by atoms with Gasteiger partial charge < -0.3 is 20.1 Å². The number of nitriles is 1. The molecule has 5 rings (SSSR count). The van der Waals surface area contributed by atoms with Gasteiger partial charge in [0.2, 0.25) is 5.91 Å². The van der Waals surface area contributed by atoms with Crippen LogP contribution >= 0.6 is 0 Å². The molecule has 4 heterocycles. The first-order valence-corrected chi connectivity index (χ1v) is 12.2. The predicted molar refractivity (Wildman–Crippen MR) is 132 cm³/mol. The fourth-order valence-electron chi connectivity index (χ4n) is 5.87. The van der Waals surface area contributed by atoms with Crippen molar-refractivity contribution in [1.82, 2.24) is 14.4 Å². The highest BCUT2D eigenvalue weighted by Gasteiger charge is 2.38. The molecule has 0 aliphatic carbocycles. The lowest BCUT2D eigenvalue weighted by Gasteiger charge is -2.47. The van der Waals surface area contributed by atoms with E-state index in [2.05, 4.69) is 15.5 Å². The van der Waals surface area contributed by atoms with E-state index < -0.39 is 6.03 Å². The minimum atomic E-state index is -0.517. The van der Waals surface area contributed by atoms with Gasteiger partial charge in [0.15, 0.2) is 0 Å². The van der Waals surface area contributed by atoms with Gasteiger partial charge in [0.25, 0.3) is 5.56 Å². The molecule has 9 heteroatoms. The highest BCUT2D eigenvalue weighted by Crippen LogP contribution is 2.37. The molecule has 1 aromatic carbocycles. The Bertz CT molecular complexity index is 1240. The monoisotopic (exact) mass is 474 g/mol. The Morgan fingerprint density at radius 2 is 1.86 bits per heavy atom. The van der Waals surface area contributed by atoms with Gasteiger partial charge in [0.1, 0.15) is 5.69 Å². The van der Waals surface area contributed by atoms with Crippen molar-refractivity contribution >= 4 is 23.3 Å². The van der Waals surface area contributed by atoms with E-state index in [0.717, 1.165) is 51.1 Å². The molecule has 182 valence electrons. The molecule has 3 amide bonds. The molecule has 0 radical (unpaired) electrons. The lowest BCUT2D eigenvalue weighted by atomic mass is 9.82. The highest BCUT2D eigenvalue weighted by molar-refractivity contribution is 5.99. The lowest BCUT2D eigenvalue weighted by Crippen LogP contribution is -2.53. The van der Waals surface area contributed by atoms with Crippen LogP contribution in [0.1, 0.15) is 43.4 Å². The number of benzene rings is 1. The maximum absolute atomic E-state index is 13.2. The van der Waals surface area contributed by atoms with Crippen LogP contribution in [0.2, 0.25) is 0 Å². The molecule has 2 aromatic rings. The van der Waals surface area contributed by atoms with Crippen LogP contribution in [0.4, 0.5) is 16.2 Å². The average Bonchev–Trinajstić information content (AvgIpc) is 2.86. The van der Waals surface area contributed by atoms with Gasteiger partial charge in [-0.25, -0.2) is 4.79 Å². The molecule has 9 nitrogen and oxygen atoms in total. The van der Waals surface area contributed by atoms with E-state index >= 15 is 0 Å². The Hall–Kier alpha value is -3.64. The fraction of sp³-hybridized carbons (Fsp3) is 0.462. The molecule has 3 aliphatic heterocycles. The van der Waals surface area contributed by atoms with Gasteiger partial charge in [-0.2, -0.15) is 5.26 Å². The number of nitrogens with one attached hydrogen (secondary N) is 2. The van der Waals surface area contributed by atoms with Crippen LogP contribution in [0, 0.1) is 17.2 Å². The Kier molecular flexibility index (Phi) is 6.31. The molecule has 2 atom stereocenters. The number of hydrogen-bond acceptors (Lipinski definition) is 5. The number of amides is 3. The second kappa shape index (κ2) is 9.55. The minimum Gasteiger partial charge on any atom is -0.343 e. The number of likely N-dealkylation sites (tertiary alicyclic amines) is 2. The number of aromatic nitrogens is 1. The van der Waals surface area contributed by atoms with Crippen molar-refractivity contribution in [3.05, 3.63) is 58.0 Å². The number of anilines is 2. The van der Waals surface area contributed by atoms with Crippen LogP contribution in [-0.4, -0.2) is 58.5 Å². The maximum Gasteiger partial charge on any atom is 0.323 e. The Balaban J connectivity index is 1.27. The summed E-state index contributed by atoms with van der Waals surface area (Å²) >= 11 is 0. The largest absolute Gasteiger partial charge is 0.343 e. The third-order valence-corrected chi connectivity index (χ3v) is 7.56. The molecule has 2 fully saturated rings. The SMILES string of the molecule is CC(=O)N1CCC(N2C[C@H]3C[C@H](C2)c2ccc(NC(=O)Nc4cccc(C#N)c4)c(=O)n2C3)CC1. The number of piperidine rings is 2. The van der Waals surface area contributed by atoms with E-state index in [-0.39, 0.29) is 23.1 Å². The molecule has 0 spiro atoms. The zero-order valence-electron chi connectivity index (χ0n) is 19.9. The molecule has 3 aliphatic rings. The van der Waals surface area contributed by atoms with Crippen LogP contribution in [-0.2, 0) is 11.3 Å². The Morgan fingerprint density at radius 3 is 2.60 bits per heavy atom. The predicted octanol–water partition coefficient (Wildman–Crippen LogP) is 2.79. The minimum absolute atomic E-state index is 0.154. The summed E-state index contributed by atoms with van der Waals surface area (Å²) in [4.78, 5) is 41.9. The smallest absolute Gasteiger partial charge is 0.323 e. The van der Waals surface area contributed by atoms with E-state index in [1.807, 2.05) is 21.6 Å². The summed E-state index contributed by atoms with van der Waals surface area (Å²) in [6, 6.07) is 12.3. The van der Waals surface area contributed by atoms with Gasteiger partial charge in [0, 0.05) is 63.0 Å². The first-order valence-electron chi connectivity index (χ1n) is 12.2. The molecule has 0 saturated carbocycles. The van der Waals surface area contributed by atoms with Gasteiger partial charge >= 0.3 is 6.03 Å². The van der Waals surface area contributed by atoms with Crippen LogP contribution in [0.5, 0.6) is 0 Å². The third-order valence-electron chi connectivity index (χ3n) is 7.56. The van der Waals surface area contributed by atoms with Gasteiger partial charge in [-0.3, -0.25) is 14.5 Å². The van der Waals surface area contributed by atoms with E-state index in [9.17, 15) is 14.4 Å². The number of pyridine rings is 1. The lowest BCUT2D eigenvalue weighted by molar-refractivity contribution is -0.130. The summed E-state index contributed by atoms with van der Waals surface area (Å²) in [5.74, 6) is 0.835. The molecular formula is C26H30N6O3. The quantitative estimate of drug-likeness (QED) is 0.711. The molecular weight excluding hydrogens is 444 g/mol. The van der Waals surface area contributed by atoms with Crippen molar-refractivity contribution in [2.24, 2.45) is 5.92 Å². The molecule has 2 saturated heterocycles. The van der Waals surface area contributed by atoms with Gasteiger partial charge in [-0.1, -0.05) is 6.07 Å². The topological polar surface area (TPSA) is 110 Å². The van der Waals surface area contributed by atoms with Gasteiger partial charge in [-0.05, 0) is 55.5 Å². The highest BCUT2D eigenvalue weighted by atomic mass is 16.2. The summed E-state index contributed by atoms with van der Waals surface area (Å²) in [6.07, 6.45) is 3.08. The number of carbonyl (C=O) groups is 2. The van der Waals surface area contributed by atoms with Crippen LogP contribution in [0.25, 0.3) is 0 Å². The van der Waals surface area contributed by atoms with Crippen molar-refractivity contribution in [2.75, 3.05) is 36.8 Å². The van der Waals surface area contributed by atoms with Crippen molar-refractivity contribution in [2.45, 2.75) is 44.7 Å². The van der Waals surface area contributed by atoms with E-state index in [1.54, 1.807) is 37.3 Å². The number of fused-ring (bicyclic) bond motifs is 4. The number of urea groups is 1. The second-order valence-electron chi connectivity index (χ2n) is 9.85. The Morgan fingerprint density at radius 1 is 1.06 bits per heavy atom. The average molecular weight is 475 g/mol. The molecule has 1 aromatic heterocycles. The molecule has 35 heavy (non-hydrogen) atoms. The zero-order chi connectivity index (χ0) is 24.5. The first kappa shape index (κ1) is 23.1. The first-order chi connectivity index (χ1) is 16.9. The van der Waals surface area contributed by atoms with Crippen molar-refractivity contribution in [1.29, 1.82) is 5.26 Å². The second-order valence-corrected chi connectivity index (χ2v) is 9.85. The summed E-state index contributed by atoms with van der Waals surface area (Å²) in [7, 11) is 0. The summed E-state index contributed by atoms with van der Waals surface area (Å²) in [6.45, 7) is 5.80. The fourth-order valence-corrected chi connectivity index (χ4v) is 5.87. The van der Waals surface area contributed by atoms with Crippen molar-refractivity contribution in [3.8, 4) is 6.07 Å². The zero-order valence-corrected chi connectivity index (χ0v) is 19.9.